The summed E-state index contributed by atoms with van der Waals surface area (Å²) in [5.74, 6) is -0.635. The average molecular weight is 412 g/mol. The van der Waals surface area contributed by atoms with Gasteiger partial charge in [-0.15, -0.1) is 0 Å². The Morgan fingerprint density at radius 1 is 1.10 bits per heavy atom. The van der Waals surface area contributed by atoms with Gasteiger partial charge in [0.05, 0.1) is 12.2 Å². The van der Waals surface area contributed by atoms with Crippen LogP contribution in [0.15, 0.2) is 30.5 Å². The Hall–Kier alpha value is -3.04. The van der Waals surface area contributed by atoms with Crippen molar-refractivity contribution in [3.8, 4) is 5.75 Å². The van der Waals surface area contributed by atoms with Crippen LogP contribution in [0.3, 0.4) is 0 Å². The highest BCUT2D eigenvalue weighted by molar-refractivity contribution is 5.96. The number of carbonyl (C=O) groups is 2. The third-order valence-electron chi connectivity index (χ3n) is 3.90. The maximum Gasteiger partial charge on any atom is 0.435 e. The summed E-state index contributed by atoms with van der Waals surface area (Å²) in [4.78, 5) is 24.2. The largest absolute Gasteiger partial charge is 0.494 e. The molecule has 1 heterocycles. The van der Waals surface area contributed by atoms with Gasteiger partial charge in [-0.1, -0.05) is 0 Å². The Bertz CT molecular complexity index is 845. The van der Waals surface area contributed by atoms with E-state index in [1.807, 2.05) is 6.92 Å². The second-order valence-electron chi connectivity index (χ2n) is 6.43. The summed E-state index contributed by atoms with van der Waals surface area (Å²) in [6.45, 7) is 5.69. The van der Waals surface area contributed by atoms with Crippen LogP contribution in [0.25, 0.3) is 0 Å². The van der Waals surface area contributed by atoms with Crippen molar-refractivity contribution in [2.45, 2.75) is 33.0 Å². The quantitative estimate of drug-likeness (QED) is 0.653. The Morgan fingerprint density at radius 3 is 2.21 bits per heavy atom. The van der Waals surface area contributed by atoms with Crippen LogP contribution < -0.4 is 15.4 Å². The molecular weight excluding hydrogens is 389 g/mol. The fraction of sp³-hybridized carbons (Fsp3) is 0.421. The monoisotopic (exact) mass is 412 g/mol. The smallest absolute Gasteiger partial charge is 0.435 e. The molecule has 2 amide bonds. The maximum atomic E-state index is 13.1. The summed E-state index contributed by atoms with van der Waals surface area (Å²) >= 11 is 0. The zero-order valence-electron chi connectivity index (χ0n) is 16.3. The van der Waals surface area contributed by atoms with Crippen LogP contribution in [0.4, 0.5) is 13.2 Å². The summed E-state index contributed by atoms with van der Waals surface area (Å²) < 4.78 is 45.7. The molecule has 0 saturated heterocycles. The van der Waals surface area contributed by atoms with Gasteiger partial charge in [0.1, 0.15) is 5.75 Å². The first kappa shape index (κ1) is 22.3. The number of halogens is 3. The van der Waals surface area contributed by atoms with Gasteiger partial charge in [0.15, 0.2) is 5.69 Å². The number of amides is 2. The van der Waals surface area contributed by atoms with Crippen molar-refractivity contribution in [2.75, 3.05) is 19.7 Å². The molecule has 29 heavy (non-hydrogen) atoms. The minimum atomic E-state index is -4.74. The first-order chi connectivity index (χ1) is 13.6. The second kappa shape index (κ2) is 9.44. The Labute approximate surface area is 166 Å². The van der Waals surface area contributed by atoms with Crippen LogP contribution in [0, 0.1) is 0 Å². The lowest BCUT2D eigenvalue weighted by Gasteiger charge is -2.09. The van der Waals surface area contributed by atoms with Crippen LogP contribution >= 0.6 is 0 Å². The summed E-state index contributed by atoms with van der Waals surface area (Å²) in [5.41, 5.74) is -1.39. The van der Waals surface area contributed by atoms with Crippen molar-refractivity contribution in [3.63, 3.8) is 0 Å². The van der Waals surface area contributed by atoms with Gasteiger partial charge in [0, 0.05) is 30.9 Å². The molecule has 2 N–H and O–H groups in total. The molecule has 7 nitrogen and oxygen atoms in total. The van der Waals surface area contributed by atoms with Gasteiger partial charge in [-0.05, 0) is 45.0 Å². The molecule has 0 spiro atoms. The molecule has 1 aromatic carbocycles. The summed E-state index contributed by atoms with van der Waals surface area (Å²) in [6, 6.07) is 6.17. The second-order valence-corrected chi connectivity index (χ2v) is 6.43. The van der Waals surface area contributed by atoms with E-state index < -0.39 is 23.3 Å². The number of hydrogen-bond donors (Lipinski definition) is 2. The topological polar surface area (TPSA) is 85.3 Å². The van der Waals surface area contributed by atoms with Crippen LogP contribution in [0.5, 0.6) is 5.75 Å². The number of nitrogens with zero attached hydrogens (tertiary/aromatic N) is 2. The average Bonchev–Trinajstić information content (AvgIpc) is 3.12. The molecule has 0 bridgehead atoms. The van der Waals surface area contributed by atoms with Crippen molar-refractivity contribution >= 4 is 11.8 Å². The Kier molecular flexibility index (Phi) is 7.24. The van der Waals surface area contributed by atoms with Gasteiger partial charge in [-0.25, -0.2) is 0 Å². The first-order valence-corrected chi connectivity index (χ1v) is 9.09. The molecule has 0 aliphatic heterocycles. The van der Waals surface area contributed by atoms with Gasteiger partial charge in [0.25, 0.3) is 11.8 Å². The third kappa shape index (κ3) is 5.97. The van der Waals surface area contributed by atoms with Gasteiger partial charge >= 0.3 is 6.18 Å². The molecule has 2 rings (SSSR count). The summed E-state index contributed by atoms with van der Waals surface area (Å²) in [6.07, 6.45) is -3.67. The minimum absolute atomic E-state index is 0.0360. The van der Waals surface area contributed by atoms with Crippen molar-refractivity contribution < 1.29 is 27.5 Å². The molecular formula is C19H23F3N4O3. The Balaban J connectivity index is 1.90. The number of rotatable bonds is 8. The van der Waals surface area contributed by atoms with Gasteiger partial charge in [0.2, 0.25) is 0 Å². The van der Waals surface area contributed by atoms with Crippen molar-refractivity contribution in [1.82, 2.24) is 20.4 Å². The molecule has 0 atom stereocenters. The fourth-order valence-electron chi connectivity index (χ4n) is 2.45. The zero-order chi connectivity index (χ0) is 21.6. The highest BCUT2D eigenvalue weighted by Gasteiger charge is 2.39. The molecule has 0 fully saturated rings. The van der Waals surface area contributed by atoms with E-state index in [1.54, 1.807) is 38.1 Å². The van der Waals surface area contributed by atoms with Gasteiger partial charge < -0.3 is 15.4 Å². The number of ether oxygens (including phenoxy) is 1. The van der Waals surface area contributed by atoms with Gasteiger partial charge in [-0.3, -0.25) is 14.3 Å². The van der Waals surface area contributed by atoms with E-state index in [2.05, 4.69) is 15.7 Å². The molecule has 1 aromatic heterocycles. The van der Waals surface area contributed by atoms with Crippen molar-refractivity contribution in [1.29, 1.82) is 0 Å². The first-order valence-electron chi connectivity index (χ1n) is 9.09. The lowest BCUT2D eigenvalue weighted by molar-refractivity contribution is -0.141. The third-order valence-corrected chi connectivity index (χ3v) is 3.90. The van der Waals surface area contributed by atoms with Crippen LogP contribution in [-0.2, 0) is 6.18 Å². The molecule has 0 aliphatic rings. The standard InChI is InChI=1S/C19H23F3N4O3/c1-4-29-14-7-5-13(6-8-14)17(27)23-9-10-24-18(28)15-11-26(12(2)3)25-16(15)19(20,21)22/h5-8,11-12H,4,9-10H2,1-3H3,(H,23,27)(H,24,28). The molecule has 0 unspecified atom stereocenters. The lowest BCUT2D eigenvalue weighted by atomic mass is 10.2. The van der Waals surface area contributed by atoms with Crippen molar-refractivity contribution in [2.24, 2.45) is 0 Å². The number of benzene rings is 1. The SMILES string of the molecule is CCOc1ccc(C(=O)NCCNC(=O)c2cn(C(C)C)nc2C(F)(F)F)cc1. The Morgan fingerprint density at radius 2 is 1.69 bits per heavy atom. The normalized spacial score (nSPS) is 11.4. The highest BCUT2D eigenvalue weighted by atomic mass is 19.4. The van der Waals surface area contributed by atoms with E-state index in [0.29, 0.717) is 17.9 Å². The van der Waals surface area contributed by atoms with Crippen LogP contribution in [0.1, 0.15) is 53.2 Å². The molecule has 10 heteroatoms. The molecule has 2 aromatic rings. The zero-order valence-corrected chi connectivity index (χ0v) is 16.3. The van der Waals surface area contributed by atoms with E-state index >= 15 is 0 Å². The van der Waals surface area contributed by atoms with E-state index in [4.69, 9.17) is 4.74 Å². The fourth-order valence-corrected chi connectivity index (χ4v) is 2.45. The maximum absolute atomic E-state index is 13.1. The highest BCUT2D eigenvalue weighted by Crippen LogP contribution is 2.31. The number of hydrogen-bond acceptors (Lipinski definition) is 4. The van der Waals surface area contributed by atoms with E-state index in [1.165, 1.54) is 0 Å². The van der Waals surface area contributed by atoms with E-state index in [9.17, 15) is 22.8 Å². The molecule has 0 aliphatic carbocycles. The van der Waals surface area contributed by atoms with E-state index in [0.717, 1.165) is 10.9 Å². The van der Waals surface area contributed by atoms with E-state index in [-0.39, 0.29) is 25.0 Å². The number of carbonyl (C=O) groups excluding carboxylic acids is 2. The lowest BCUT2D eigenvalue weighted by Crippen LogP contribution is -2.35. The molecule has 0 saturated carbocycles. The number of aromatic nitrogens is 2. The number of alkyl halides is 3. The van der Waals surface area contributed by atoms with Crippen molar-refractivity contribution in [3.05, 3.63) is 47.3 Å². The number of nitrogens with one attached hydrogen (secondary N) is 2. The predicted octanol–water partition coefficient (Wildman–Crippen LogP) is 3.04. The summed E-state index contributed by atoms with van der Waals surface area (Å²) in [5, 5.41) is 8.43. The minimum Gasteiger partial charge on any atom is -0.494 e. The van der Waals surface area contributed by atoms with Crippen LogP contribution in [0.2, 0.25) is 0 Å². The van der Waals surface area contributed by atoms with Crippen LogP contribution in [-0.4, -0.2) is 41.3 Å². The predicted molar refractivity (Wildman–Crippen MR) is 99.9 cm³/mol. The molecule has 158 valence electrons. The summed E-state index contributed by atoms with van der Waals surface area (Å²) in [7, 11) is 0. The van der Waals surface area contributed by atoms with Gasteiger partial charge in [-0.2, -0.15) is 18.3 Å². The molecule has 0 radical (unpaired) electrons.